The number of anilines is 1. The third-order valence-corrected chi connectivity index (χ3v) is 5.32. The fraction of sp³-hybridized carbons (Fsp3) is 0.381. The monoisotopic (exact) mass is 378 g/mol. The predicted molar refractivity (Wildman–Crippen MR) is 103 cm³/mol. The molecule has 1 atom stereocenters. The predicted octanol–water partition coefficient (Wildman–Crippen LogP) is 2.78. The lowest BCUT2D eigenvalue weighted by atomic mass is 9.95. The first-order valence-electron chi connectivity index (χ1n) is 9.45. The van der Waals surface area contributed by atoms with E-state index >= 15 is 0 Å². The van der Waals surface area contributed by atoms with Crippen LogP contribution in [-0.2, 0) is 4.79 Å². The van der Waals surface area contributed by atoms with E-state index in [9.17, 15) is 4.79 Å². The average molecular weight is 378 g/mol. The molecule has 7 heteroatoms. The Morgan fingerprint density at radius 2 is 2.04 bits per heavy atom. The Hall–Kier alpha value is -3.27. The molecule has 0 radical (unpaired) electrons. The van der Waals surface area contributed by atoms with E-state index in [2.05, 4.69) is 21.3 Å². The van der Waals surface area contributed by atoms with Gasteiger partial charge in [-0.15, -0.1) is 0 Å². The van der Waals surface area contributed by atoms with Crippen LogP contribution in [0.25, 0.3) is 0 Å². The second-order valence-electron chi connectivity index (χ2n) is 7.12. The topological polar surface area (TPSA) is 87.5 Å². The molecule has 1 N–H and O–H groups in total. The number of nitrogens with zero attached hydrogens (tertiary/aromatic N) is 3. The summed E-state index contributed by atoms with van der Waals surface area (Å²) in [6.45, 7) is 3.77. The van der Waals surface area contributed by atoms with Gasteiger partial charge >= 0.3 is 0 Å². The van der Waals surface area contributed by atoms with Crippen molar-refractivity contribution in [1.29, 1.82) is 5.26 Å². The summed E-state index contributed by atoms with van der Waals surface area (Å²) in [6, 6.07) is 11.4. The maximum absolute atomic E-state index is 12.7. The van der Waals surface area contributed by atoms with Crippen molar-refractivity contribution in [2.24, 2.45) is 5.92 Å². The van der Waals surface area contributed by atoms with E-state index < -0.39 is 0 Å². The van der Waals surface area contributed by atoms with Crippen molar-refractivity contribution in [3.8, 4) is 17.6 Å². The van der Waals surface area contributed by atoms with Crippen LogP contribution in [0.3, 0.4) is 0 Å². The molecule has 1 unspecified atom stereocenters. The number of fused-ring (bicyclic) bond motifs is 1. The van der Waals surface area contributed by atoms with Crippen LogP contribution in [0.15, 0.2) is 36.5 Å². The van der Waals surface area contributed by atoms with Crippen LogP contribution < -0.4 is 19.7 Å². The number of aromatic nitrogens is 1. The largest absolute Gasteiger partial charge is 0.454 e. The van der Waals surface area contributed by atoms with Crippen molar-refractivity contribution in [3.05, 3.63) is 47.7 Å². The Kier molecular flexibility index (Phi) is 5.02. The number of carbonyl (C=O) groups is 1. The van der Waals surface area contributed by atoms with Crippen LogP contribution in [0.4, 0.5) is 5.82 Å². The van der Waals surface area contributed by atoms with E-state index in [1.54, 1.807) is 12.3 Å². The van der Waals surface area contributed by atoms with E-state index in [1.165, 1.54) is 0 Å². The molecule has 0 spiro atoms. The van der Waals surface area contributed by atoms with Crippen molar-refractivity contribution in [2.45, 2.75) is 25.8 Å². The molecule has 2 aliphatic heterocycles. The van der Waals surface area contributed by atoms with Crippen LogP contribution in [0.1, 0.15) is 36.9 Å². The highest BCUT2D eigenvalue weighted by Gasteiger charge is 2.27. The van der Waals surface area contributed by atoms with Crippen LogP contribution >= 0.6 is 0 Å². The summed E-state index contributed by atoms with van der Waals surface area (Å²) in [6.07, 6.45) is 3.14. The minimum Gasteiger partial charge on any atom is -0.454 e. The molecule has 1 amide bonds. The summed E-state index contributed by atoms with van der Waals surface area (Å²) in [7, 11) is 0. The van der Waals surface area contributed by atoms with Gasteiger partial charge in [0.2, 0.25) is 12.7 Å². The van der Waals surface area contributed by atoms with Gasteiger partial charge in [0.05, 0.1) is 11.6 Å². The van der Waals surface area contributed by atoms with Crippen LogP contribution in [0.5, 0.6) is 11.5 Å². The van der Waals surface area contributed by atoms with Crippen molar-refractivity contribution in [3.63, 3.8) is 0 Å². The molecule has 144 valence electrons. The second-order valence-corrected chi connectivity index (χ2v) is 7.12. The maximum Gasteiger partial charge on any atom is 0.231 e. The Morgan fingerprint density at radius 1 is 1.25 bits per heavy atom. The van der Waals surface area contributed by atoms with Gasteiger partial charge in [-0.3, -0.25) is 4.79 Å². The third kappa shape index (κ3) is 3.72. The number of rotatable bonds is 4. The summed E-state index contributed by atoms with van der Waals surface area (Å²) in [5, 5.41) is 12.0. The lowest BCUT2D eigenvalue weighted by Gasteiger charge is -2.32. The highest BCUT2D eigenvalue weighted by molar-refractivity contribution is 5.79. The quantitative estimate of drug-likeness (QED) is 0.880. The normalized spacial score (nSPS) is 17.1. The minimum absolute atomic E-state index is 0.00825. The zero-order chi connectivity index (χ0) is 19.5. The van der Waals surface area contributed by atoms with Crippen molar-refractivity contribution < 1.29 is 14.3 Å². The maximum atomic E-state index is 12.7. The van der Waals surface area contributed by atoms with E-state index in [4.69, 9.17) is 14.7 Å². The summed E-state index contributed by atoms with van der Waals surface area (Å²) in [5.41, 5.74) is 1.55. The van der Waals surface area contributed by atoms with Gasteiger partial charge in [-0.25, -0.2) is 4.98 Å². The molecule has 28 heavy (non-hydrogen) atoms. The van der Waals surface area contributed by atoms with Gasteiger partial charge in [-0.1, -0.05) is 6.07 Å². The molecule has 1 saturated heterocycles. The Labute approximate surface area is 163 Å². The molecule has 2 aromatic rings. The highest BCUT2D eigenvalue weighted by Crippen LogP contribution is 2.34. The average Bonchev–Trinajstić information content (AvgIpc) is 3.22. The highest BCUT2D eigenvalue weighted by atomic mass is 16.7. The van der Waals surface area contributed by atoms with Gasteiger partial charge in [0.1, 0.15) is 11.9 Å². The molecular formula is C21H22N4O3. The fourth-order valence-corrected chi connectivity index (χ4v) is 3.61. The number of ether oxygens (including phenoxy) is 2. The third-order valence-electron chi connectivity index (χ3n) is 5.32. The number of piperidine rings is 1. The number of hydrogen-bond acceptors (Lipinski definition) is 6. The Balaban J connectivity index is 1.31. The van der Waals surface area contributed by atoms with Crippen molar-refractivity contribution in [1.82, 2.24) is 10.3 Å². The smallest absolute Gasteiger partial charge is 0.231 e. The number of nitrogens with one attached hydrogen (secondary N) is 1. The molecule has 0 bridgehead atoms. The number of pyridine rings is 1. The number of amides is 1. The van der Waals surface area contributed by atoms with E-state index in [1.807, 2.05) is 31.2 Å². The molecule has 0 saturated carbocycles. The van der Waals surface area contributed by atoms with Crippen molar-refractivity contribution >= 4 is 11.7 Å². The Bertz CT molecular complexity index is 899. The number of benzene rings is 1. The molecule has 1 aromatic heterocycles. The van der Waals surface area contributed by atoms with Gasteiger partial charge < -0.3 is 19.7 Å². The molecule has 3 heterocycles. The first kappa shape index (κ1) is 18.1. The van der Waals surface area contributed by atoms with Crippen LogP contribution in [0.2, 0.25) is 0 Å². The second kappa shape index (κ2) is 7.77. The first-order valence-corrected chi connectivity index (χ1v) is 9.45. The number of hydrogen-bond donors (Lipinski definition) is 1. The molecule has 1 fully saturated rings. The number of carbonyl (C=O) groups excluding carboxylic acids is 1. The minimum atomic E-state index is -0.0970. The van der Waals surface area contributed by atoms with Gasteiger partial charge in [0, 0.05) is 25.2 Å². The van der Waals surface area contributed by atoms with Crippen LogP contribution in [-0.4, -0.2) is 30.8 Å². The van der Waals surface area contributed by atoms with Gasteiger partial charge in [0.25, 0.3) is 0 Å². The van der Waals surface area contributed by atoms with E-state index in [0.717, 1.165) is 48.8 Å². The zero-order valence-corrected chi connectivity index (χ0v) is 15.7. The van der Waals surface area contributed by atoms with Gasteiger partial charge in [0.15, 0.2) is 11.5 Å². The van der Waals surface area contributed by atoms with Gasteiger partial charge in [-0.2, -0.15) is 5.26 Å². The van der Waals surface area contributed by atoms with Crippen molar-refractivity contribution in [2.75, 3.05) is 24.8 Å². The van der Waals surface area contributed by atoms with Gasteiger partial charge in [-0.05, 0) is 49.6 Å². The fourth-order valence-electron chi connectivity index (χ4n) is 3.61. The molecular weight excluding hydrogens is 356 g/mol. The lowest BCUT2D eigenvalue weighted by molar-refractivity contribution is -0.126. The summed E-state index contributed by atoms with van der Waals surface area (Å²) < 4.78 is 10.7. The summed E-state index contributed by atoms with van der Waals surface area (Å²) in [4.78, 5) is 19.2. The molecule has 4 rings (SSSR count). The molecule has 7 nitrogen and oxygen atoms in total. The summed E-state index contributed by atoms with van der Waals surface area (Å²) >= 11 is 0. The lowest BCUT2D eigenvalue weighted by Crippen LogP contribution is -2.41. The summed E-state index contributed by atoms with van der Waals surface area (Å²) in [5.74, 6) is 2.39. The SMILES string of the molecule is CC(NC(=O)C1CCN(c2ccc(C#N)cn2)CC1)c1ccc2c(c1)OCO2. The van der Waals surface area contributed by atoms with E-state index in [0.29, 0.717) is 5.56 Å². The molecule has 0 aliphatic carbocycles. The zero-order valence-electron chi connectivity index (χ0n) is 15.7. The Morgan fingerprint density at radius 3 is 2.75 bits per heavy atom. The molecule has 2 aliphatic rings. The van der Waals surface area contributed by atoms with Crippen LogP contribution in [0, 0.1) is 17.2 Å². The number of nitriles is 1. The first-order chi connectivity index (χ1) is 13.6. The van der Waals surface area contributed by atoms with E-state index in [-0.39, 0.29) is 24.7 Å². The standard InChI is InChI=1S/C21H22N4O3/c1-14(17-3-4-18-19(10-17)28-13-27-18)24-21(26)16-6-8-25(9-7-16)20-5-2-15(11-22)12-23-20/h2-5,10,12,14,16H,6-9,13H2,1H3,(H,24,26). The molecule has 1 aromatic carbocycles.